The Morgan fingerprint density at radius 3 is 1.84 bits per heavy atom. The quantitative estimate of drug-likeness (QED) is 0.646. The standard InChI is InChI=1S/C14H24OS4/c15-12-5-11-6-13(8-12,18-3-1-16)10-14(7-11,9-12)19-4-2-17/h11,15-17H,1-10H2. The molecule has 0 amide bonds. The minimum atomic E-state index is -0.368. The fourth-order valence-corrected chi connectivity index (χ4v) is 8.95. The molecule has 0 radical (unpaired) electrons. The summed E-state index contributed by atoms with van der Waals surface area (Å²) in [6, 6.07) is 0. The number of hydrogen-bond acceptors (Lipinski definition) is 5. The van der Waals surface area contributed by atoms with Gasteiger partial charge in [-0.15, -0.1) is 0 Å². The second-order valence-electron chi connectivity index (χ2n) is 6.74. The predicted octanol–water partition coefficient (Wildman–Crippen LogP) is 3.52. The Kier molecular flexibility index (Phi) is 4.44. The molecule has 110 valence electrons. The summed E-state index contributed by atoms with van der Waals surface area (Å²) < 4.78 is 0.695. The smallest absolute Gasteiger partial charge is 0.0677 e. The van der Waals surface area contributed by atoms with Crippen molar-refractivity contribution < 1.29 is 5.11 Å². The van der Waals surface area contributed by atoms with Gasteiger partial charge in [0.2, 0.25) is 0 Å². The summed E-state index contributed by atoms with van der Waals surface area (Å²) in [4.78, 5) is 0. The van der Waals surface area contributed by atoms with Crippen LogP contribution in [0.15, 0.2) is 0 Å². The van der Waals surface area contributed by atoms with Crippen molar-refractivity contribution in [2.45, 2.75) is 53.6 Å². The SMILES string of the molecule is OC12CC3CC(SCCS)(C1)CC(SCCS)(C3)C2. The molecule has 0 spiro atoms. The lowest BCUT2D eigenvalue weighted by Crippen LogP contribution is -2.63. The maximum Gasteiger partial charge on any atom is 0.0677 e. The van der Waals surface area contributed by atoms with E-state index in [2.05, 4.69) is 48.8 Å². The molecule has 5 heteroatoms. The summed E-state index contributed by atoms with van der Waals surface area (Å²) >= 11 is 12.9. The van der Waals surface area contributed by atoms with Gasteiger partial charge in [-0.05, 0) is 55.9 Å². The Morgan fingerprint density at radius 1 is 0.895 bits per heavy atom. The first kappa shape index (κ1) is 15.3. The summed E-state index contributed by atoms with van der Waals surface area (Å²) in [6.07, 6.45) is 7.07. The van der Waals surface area contributed by atoms with Crippen LogP contribution < -0.4 is 0 Å². The summed E-state index contributed by atoms with van der Waals surface area (Å²) in [6.45, 7) is 0. The highest BCUT2D eigenvalue weighted by atomic mass is 32.2. The molecule has 0 aromatic carbocycles. The molecule has 4 bridgehead atoms. The molecule has 1 nitrogen and oxygen atoms in total. The molecular formula is C14H24OS4. The van der Waals surface area contributed by atoms with E-state index in [1.807, 2.05) is 0 Å². The first-order valence-electron chi connectivity index (χ1n) is 7.25. The van der Waals surface area contributed by atoms with Crippen LogP contribution in [0.2, 0.25) is 0 Å². The van der Waals surface area contributed by atoms with Crippen molar-refractivity contribution in [3.8, 4) is 0 Å². The topological polar surface area (TPSA) is 20.2 Å². The fourth-order valence-electron chi connectivity index (χ4n) is 5.06. The number of rotatable bonds is 6. The van der Waals surface area contributed by atoms with E-state index in [9.17, 15) is 5.11 Å². The summed E-state index contributed by atoms with van der Waals surface area (Å²) in [5.41, 5.74) is -0.368. The lowest BCUT2D eigenvalue weighted by atomic mass is 9.53. The Balaban J connectivity index is 1.81. The van der Waals surface area contributed by atoms with Crippen LogP contribution in [0.4, 0.5) is 0 Å². The molecular weight excluding hydrogens is 312 g/mol. The van der Waals surface area contributed by atoms with Crippen LogP contribution in [0, 0.1) is 5.92 Å². The summed E-state index contributed by atoms with van der Waals surface area (Å²) in [5.74, 6) is 4.90. The molecule has 4 fully saturated rings. The highest BCUT2D eigenvalue weighted by Crippen LogP contribution is 2.67. The van der Waals surface area contributed by atoms with E-state index in [1.165, 1.54) is 19.3 Å². The highest BCUT2D eigenvalue weighted by molar-refractivity contribution is 8.02. The van der Waals surface area contributed by atoms with Crippen molar-refractivity contribution >= 4 is 48.8 Å². The average Bonchev–Trinajstić information content (AvgIpc) is 2.31. The minimum Gasteiger partial charge on any atom is -0.390 e. The third-order valence-electron chi connectivity index (χ3n) is 4.94. The predicted molar refractivity (Wildman–Crippen MR) is 94.2 cm³/mol. The molecule has 0 aromatic rings. The van der Waals surface area contributed by atoms with Gasteiger partial charge in [0.25, 0.3) is 0 Å². The number of thioether (sulfide) groups is 2. The molecule has 0 saturated heterocycles. The Hall–Kier alpha value is 1.36. The van der Waals surface area contributed by atoms with E-state index in [4.69, 9.17) is 0 Å². The van der Waals surface area contributed by atoms with E-state index in [1.54, 1.807) is 0 Å². The van der Waals surface area contributed by atoms with Crippen LogP contribution in [-0.2, 0) is 0 Å². The lowest BCUT2D eigenvalue weighted by Gasteiger charge is -2.64. The molecule has 0 aromatic heterocycles. The number of aliphatic hydroxyl groups is 1. The van der Waals surface area contributed by atoms with Crippen LogP contribution in [0.5, 0.6) is 0 Å². The molecule has 19 heavy (non-hydrogen) atoms. The molecule has 2 atom stereocenters. The normalized spacial score (nSPS) is 47.8. The van der Waals surface area contributed by atoms with Gasteiger partial charge in [0.15, 0.2) is 0 Å². The molecule has 0 aliphatic heterocycles. The average molecular weight is 337 g/mol. The van der Waals surface area contributed by atoms with Crippen LogP contribution in [-0.4, -0.2) is 43.2 Å². The molecule has 2 unspecified atom stereocenters. The number of thiol groups is 2. The largest absolute Gasteiger partial charge is 0.390 e. The fraction of sp³-hybridized carbons (Fsp3) is 1.00. The minimum absolute atomic E-state index is 0.348. The monoisotopic (exact) mass is 336 g/mol. The van der Waals surface area contributed by atoms with Gasteiger partial charge in [0, 0.05) is 21.0 Å². The first-order valence-corrected chi connectivity index (χ1v) is 10.5. The highest BCUT2D eigenvalue weighted by Gasteiger charge is 2.63. The second kappa shape index (κ2) is 5.53. The maximum atomic E-state index is 11.0. The van der Waals surface area contributed by atoms with Gasteiger partial charge in [-0.1, -0.05) is 0 Å². The van der Waals surface area contributed by atoms with Crippen LogP contribution in [0.1, 0.15) is 38.5 Å². The zero-order valence-corrected chi connectivity index (χ0v) is 14.7. The van der Waals surface area contributed by atoms with Crippen molar-refractivity contribution in [1.29, 1.82) is 0 Å². The number of hydrogen-bond donors (Lipinski definition) is 3. The van der Waals surface area contributed by atoms with E-state index < -0.39 is 0 Å². The van der Waals surface area contributed by atoms with Crippen molar-refractivity contribution in [2.75, 3.05) is 23.0 Å². The zero-order valence-electron chi connectivity index (χ0n) is 11.3. The maximum absolute atomic E-state index is 11.0. The van der Waals surface area contributed by atoms with Crippen molar-refractivity contribution in [1.82, 2.24) is 0 Å². The molecule has 1 N–H and O–H groups in total. The molecule has 4 aliphatic carbocycles. The van der Waals surface area contributed by atoms with Crippen LogP contribution in [0.25, 0.3) is 0 Å². The molecule has 4 saturated carbocycles. The molecule has 0 heterocycles. The molecule has 4 aliphatic rings. The second-order valence-corrected chi connectivity index (χ2v) is 10.8. The summed E-state index contributed by atoms with van der Waals surface area (Å²) in [5, 5.41) is 11.0. The summed E-state index contributed by atoms with van der Waals surface area (Å²) in [7, 11) is 0. The zero-order chi connectivity index (χ0) is 13.6. The van der Waals surface area contributed by atoms with Gasteiger partial charge in [-0.25, -0.2) is 0 Å². The van der Waals surface area contributed by atoms with Crippen molar-refractivity contribution in [3.63, 3.8) is 0 Å². The van der Waals surface area contributed by atoms with Gasteiger partial charge < -0.3 is 5.11 Å². The Bertz CT molecular complexity index is 324. The van der Waals surface area contributed by atoms with Gasteiger partial charge >= 0.3 is 0 Å². The van der Waals surface area contributed by atoms with Crippen molar-refractivity contribution in [2.24, 2.45) is 5.92 Å². The van der Waals surface area contributed by atoms with Crippen LogP contribution in [0.3, 0.4) is 0 Å². The van der Waals surface area contributed by atoms with Crippen LogP contribution >= 0.6 is 48.8 Å². The first-order chi connectivity index (χ1) is 9.03. The van der Waals surface area contributed by atoms with Crippen molar-refractivity contribution in [3.05, 3.63) is 0 Å². The molecule has 4 rings (SSSR count). The van der Waals surface area contributed by atoms with Gasteiger partial charge in [0.05, 0.1) is 5.60 Å². The van der Waals surface area contributed by atoms with Gasteiger partial charge in [-0.2, -0.15) is 48.8 Å². The van der Waals surface area contributed by atoms with Gasteiger partial charge in [-0.3, -0.25) is 0 Å². The van der Waals surface area contributed by atoms with E-state index in [0.29, 0.717) is 9.49 Å². The van der Waals surface area contributed by atoms with E-state index >= 15 is 0 Å². The third-order valence-corrected chi connectivity index (χ3v) is 8.94. The Labute approximate surface area is 136 Å². The van der Waals surface area contributed by atoms with E-state index in [-0.39, 0.29) is 5.60 Å². The Morgan fingerprint density at radius 2 is 1.42 bits per heavy atom. The van der Waals surface area contributed by atoms with E-state index in [0.717, 1.165) is 48.2 Å². The lowest BCUT2D eigenvalue weighted by molar-refractivity contribution is -0.103. The van der Waals surface area contributed by atoms with Gasteiger partial charge in [0.1, 0.15) is 0 Å². The third kappa shape index (κ3) is 2.96.